The number of benzene rings is 1. The lowest BCUT2D eigenvalue weighted by atomic mass is 9.97. The van der Waals surface area contributed by atoms with Crippen molar-refractivity contribution in [1.29, 1.82) is 0 Å². The van der Waals surface area contributed by atoms with Crippen LogP contribution in [0.15, 0.2) is 0 Å². The van der Waals surface area contributed by atoms with Crippen LogP contribution in [0.1, 0.15) is 22.3 Å². The molecule has 0 unspecified atom stereocenters. The molecule has 5 N–H and O–H groups in total. The maximum absolute atomic E-state index is 5.92. The summed E-state index contributed by atoms with van der Waals surface area (Å²) in [4.78, 5) is 0. The summed E-state index contributed by atoms with van der Waals surface area (Å²) in [5.41, 5.74) is 16.8. The second-order valence-electron chi connectivity index (χ2n) is 3.39. The molecule has 0 saturated heterocycles. The summed E-state index contributed by atoms with van der Waals surface area (Å²) in [6, 6.07) is 0. The van der Waals surface area contributed by atoms with Crippen molar-refractivity contribution in [3.63, 3.8) is 0 Å². The molecule has 0 spiro atoms. The fraction of sp³-hybridized carbons (Fsp3) is 0.400. The lowest BCUT2D eigenvalue weighted by Gasteiger charge is -2.12. The molecule has 1 aromatic carbocycles. The van der Waals surface area contributed by atoms with Gasteiger partial charge in [0, 0.05) is 16.8 Å². The monoisotopic (exact) mass is 165 g/mol. The summed E-state index contributed by atoms with van der Waals surface area (Å²) in [5, 5.41) is 0. The summed E-state index contributed by atoms with van der Waals surface area (Å²) in [5.74, 6) is 0. The Bertz CT molecular complexity index is 222. The molecule has 66 valence electrons. The molecule has 1 rings (SSSR count). The first kappa shape index (κ1) is 9.07. The summed E-state index contributed by atoms with van der Waals surface area (Å²) in [7, 11) is 0. The molecule has 2 nitrogen and oxygen atoms in total. The summed E-state index contributed by atoms with van der Waals surface area (Å²) in [6.45, 7) is 8.23. The third-order valence-electron chi connectivity index (χ3n) is 2.84. The van der Waals surface area contributed by atoms with Gasteiger partial charge in [0.05, 0.1) is 0 Å². The predicted octanol–water partition coefficient (Wildman–Crippen LogP) is 1.38. The molecule has 0 saturated carbocycles. The van der Waals surface area contributed by atoms with E-state index in [0.717, 1.165) is 11.4 Å². The molecule has 0 aliphatic heterocycles. The van der Waals surface area contributed by atoms with Crippen molar-refractivity contribution in [3.05, 3.63) is 22.3 Å². The first-order chi connectivity index (χ1) is 5.46. The SMILES string of the molecule is Cc1c(C)c([NH3+])c(C)c(C)c1N. The number of rotatable bonds is 0. The van der Waals surface area contributed by atoms with Gasteiger partial charge in [-0.15, -0.1) is 0 Å². The van der Waals surface area contributed by atoms with Gasteiger partial charge in [-0.2, -0.15) is 0 Å². The Morgan fingerprint density at radius 1 is 0.833 bits per heavy atom. The Morgan fingerprint density at radius 2 is 1.17 bits per heavy atom. The van der Waals surface area contributed by atoms with Gasteiger partial charge in [-0.25, -0.2) is 0 Å². The molecule has 0 bridgehead atoms. The number of quaternary nitrogens is 1. The van der Waals surface area contributed by atoms with Crippen LogP contribution in [-0.4, -0.2) is 0 Å². The smallest absolute Gasteiger partial charge is 0.134 e. The van der Waals surface area contributed by atoms with E-state index in [0.29, 0.717) is 0 Å². The van der Waals surface area contributed by atoms with Crippen LogP contribution >= 0.6 is 0 Å². The first-order valence-corrected chi connectivity index (χ1v) is 4.14. The van der Waals surface area contributed by atoms with Crippen LogP contribution in [0.4, 0.5) is 11.4 Å². The van der Waals surface area contributed by atoms with Crippen LogP contribution in [0.25, 0.3) is 0 Å². The highest BCUT2D eigenvalue weighted by Gasteiger charge is 2.11. The van der Waals surface area contributed by atoms with Crippen molar-refractivity contribution in [2.75, 3.05) is 5.73 Å². The molecule has 1 aromatic rings. The van der Waals surface area contributed by atoms with Gasteiger partial charge in [-0.3, -0.25) is 0 Å². The maximum atomic E-state index is 5.92. The fourth-order valence-electron chi connectivity index (χ4n) is 1.42. The van der Waals surface area contributed by atoms with E-state index in [4.69, 9.17) is 5.73 Å². The first-order valence-electron chi connectivity index (χ1n) is 4.14. The van der Waals surface area contributed by atoms with Gasteiger partial charge in [0.2, 0.25) is 0 Å². The largest absolute Gasteiger partial charge is 0.398 e. The van der Waals surface area contributed by atoms with Gasteiger partial charge in [0.25, 0.3) is 0 Å². The molecular weight excluding hydrogens is 148 g/mol. The molecule has 0 aliphatic rings. The molecule has 12 heavy (non-hydrogen) atoms. The van der Waals surface area contributed by atoms with E-state index in [1.165, 1.54) is 22.3 Å². The van der Waals surface area contributed by atoms with Crippen molar-refractivity contribution in [2.24, 2.45) is 0 Å². The molecule has 0 atom stereocenters. The number of anilines is 1. The van der Waals surface area contributed by atoms with Crippen molar-refractivity contribution in [1.82, 2.24) is 0 Å². The third-order valence-corrected chi connectivity index (χ3v) is 2.84. The Kier molecular flexibility index (Phi) is 2.11. The van der Waals surface area contributed by atoms with Crippen LogP contribution in [0.5, 0.6) is 0 Å². The van der Waals surface area contributed by atoms with Gasteiger partial charge in [0.15, 0.2) is 0 Å². The number of hydrogen-bond donors (Lipinski definition) is 2. The highest BCUT2D eigenvalue weighted by molar-refractivity contribution is 5.66. The Morgan fingerprint density at radius 3 is 1.50 bits per heavy atom. The van der Waals surface area contributed by atoms with Crippen LogP contribution in [0.2, 0.25) is 0 Å². The minimum absolute atomic E-state index is 0.914. The Hall–Kier alpha value is -1.02. The number of hydrogen-bond acceptors (Lipinski definition) is 1. The van der Waals surface area contributed by atoms with Gasteiger partial charge in [0.1, 0.15) is 5.69 Å². The minimum Gasteiger partial charge on any atom is -0.398 e. The highest BCUT2D eigenvalue weighted by Crippen LogP contribution is 2.28. The van der Waals surface area contributed by atoms with Crippen LogP contribution in [0.3, 0.4) is 0 Å². The zero-order valence-electron chi connectivity index (χ0n) is 8.28. The van der Waals surface area contributed by atoms with E-state index in [2.05, 4.69) is 19.6 Å². The Balaban J connectivity index is 3.60. The van der Waals surface area contributed by atoms with Crippen molar-refractivity contribution in [2.45, 2.75) is 27.7 Å². The second-order valence-corrected chi connectivity index (χ2v) is 3.39. The van der Waals surface area contributed by atoms with Crippen molar-refractivity contribution >= 4 is 11.4 Å². The average molecular weight is 165 g/mol. The van der Waals surface area contributed by atoms with Gasteiger partial charge >= 0.3 is 0 Å². The van der Waals surface area contributed by atoms with Gasteiger partial charge in [-0.1, -0.05) is 0 Å². The average Bonchev–Trinajstić information content (AvgIpc) is 2.08. The molecule has 0 aliphatic carbocycles. The van der Waals surface area contributed by atoms with E-state index < -0.39 is 0 Å². The molecule has 0 heterocycles. The summed E-state index contributed by atoms with van der Waals surface area (Å²) in [6.07, 6.45) is 0. The summed E-state index contributed by atoms with van der Waals surface area (Å²) >= 11 is 0. The van der Waals surface area contributed by atoms with Crippen LogP contribution in [-0.2, 0) is 0 Å². The van der Waals surface area contributed by atoms with E-state index in [9.17, 15) is 0 Å². The lowest BCUT2D eigenvalue weighted by molar-refractivity contribution is -0.256. The molecule has 0 radical (unpaired) electrons. The van der Waals surface area contributed by atoms with E-state index in [1.807, 2.05) is 13.8 Å². The molecule has 0 amide bonds. The normalized spacial score (nSPS) is 10.4. The van der Waals surface area contributed by atoms with Crippen LogP contribution in [0, 0.1) is 27.7 Å². The fourth-order valence-corrected chi connectivity index (χ4v) is 1.42. The predicted molar refractivity (Wildman–Crippen MR) is 52.4 cm³/mol. The van der Waals surface area contributed by atoms with Crippen molar-refractivity contribution < 1.29 is 5.73 Å². The van der Waals surface area contributed by atoms with Crippen LogP contribution < -0.4 is 11.5 Å². The zero-order valence-corrected chi connectivity index (χ0v) is 8.28. The molecule has 2 heteroatoms. The topological polar surface area (TPSA) is 53.7 Å². The molecule has 0 fully saturated rings. The number of nitrogen functional groups attached to an aromatic ring is 1. The quantitative estimate of drug-likeness (QED) is 0.560. The highest BCUT2D eigenvalue weighted by atomic mass is 14.6. The van der Waals surface area contributed by atoms with Crippen molar-refractivity contribution in [3.8, 4) is 0 Å². The summed E-state index contributed by atoms with van der Waals surface area (Å²) < 4.78 is 0. The standard InChI is InChI=1S/C10H16N2/c1-5-6(2)10(12)8(4)7(3)9(5)11/h11-12H2,1-4H3/p+1. The molecular formula is C10H17N2+. The Labute approximate surface area is 73.6 Å². The second kappa shape index (κ2) is 2.79. The third kappa shape index (κ3) is 1.08. The maximum Gasteiger partial charge on any atom is 0.134 e. The molecule has 0 aromatic heterocycles. The van der Waals surface area contributed by atoms with E-state index in [-0.39, 0.29) is 0 Å². The minimum atomic E-state index is 0.914. The van der Waals surface area contributed by atoms with E-state index in [1.54, 1.807) is 0 Å². The van der Waals surface area contributed by atoms with Gasteiger partial charge in [-0.05, 0) is 38.8 Å². The van der Waals surface area contributed by atoms with E-state index >= 15 is 0 Å². The zero-order chi connectivity index (χ0) is 9.46. The lowest BCUT2D eigenvalue weighted by Crippen LogP contribution is -2.42. The van der Waals surface area contributed by atoms with Gasteiger partial charge < -0.3 is 11.5 Å². The number of nitrogens with two attached hydrogens (primary N) is 1.